The fraction of sp³-hybridized carbons (Fsp3) is 0.462. The van der Waals surface area contributed by atoms with Crippen molar-refractivity contribution in [3.05, 3.63) is 48.8 Å². The Bertz CT molecular complexity index is 925. The number of rotatable bonds is 8. The zero-order valence-corrected chi connectivity index (χ0v) is 23.3. The molecule has 2 aromatic heterocycles. The SMILES string of the molecule is CCC[N+](CCC)(CCC)CCC.O=C([O-])C(=O)[O-].[O-2].[O-][O-].[V].c1cnc2c(c1)ccc1cccnc12. The average Bonchev–Trinajstić information content (AvgIpc) is 2.86. The van der Waals surface area contributed by atoms with E-state index >= 15 is 0 Å². The van der Waals surface area contributed by atoms with Gasteiger partial charge in [-0.25, -0.2) is 0 Å². The Morgan fingerprint density at radius 3 is 1.22 bits per heavy atom. The first kappa shape index (κ1) is 38.9. The van der Waals surface area contributed by atoms with Gasteiger partial charge in [0.2, 0.25) is 0 Å². The second kappa shape index (κ2) is 22.6. The van der Waals surface area contributed by atoms with Crippen LogP contribution in [0.15, 0.2) is 48.8 Å². The van der Waals surface area contributed by atoms with E-state index in [9.17, 15) is 0 Å². The van der Waals surface area contributed by atoms with E-state index in [0.29, 0.717) is 0 Å². The topological polar surface area (TPSA) is 181 Å². The summed E-state index contributed by atoms with van der Waals surface area (Å²) < 4.78 is 1.38. The number of carbonyl (C=O) groups is 2. The van der Waals surface area contributed by atoms with Crippen molar-refractivity contribution >= 4 is 33.7 Å². The molecule has 0 aliphatic carbocycles. The van der Waals surface area contributed by atoms with Gasteiger partial charge in [-0.2, -0.15) is 0 Å². The molecule has 207 valence electrons. The molecule has 0 spiro atoms. The third-order valence-electron chi connectivity index (χ3n) is 5.30. The van der Waals surface area contributed by atoms with E-state index in [1.807, 2.05) is 12.1 Å². The molecule has 0 aliphatic heterocycles. The summed E-state index contributed by atoms with van der Waals surface area (Å²) in [6.45, 7) is 14.8. The van der Waals surface area contributed by atoms with Crippen LogP contribution in [0.2, 0.25) is 0 Å². The number of pyridine rings is 2. The molecule has 37 heavy (non-hydrogen) atoms. The van der Waals surface area contributed by atoms with Gasteiger partial charge in [-0.1, -0.05) is 52.0 Å². The Morgan fingerprint density at radius 1 is 0.676 bits per heavy atom. The molecule has 0 fully saturated rings. The van der Waals surface area contributed by atoms with Crippen molar-refractivity contribution in [1.29, 1.82) is 0 Å². The molecule has 0 saturated carbocycles. The number of fused-ring (bicyclic) bond motifs is 3. The van der Waals surface area contributed by atoms with Crippen molar-refractivity contribution in [3.63, 3.8) is 0 Å². The number of aromatic nitrogens is 2. The van der Waals surface area contributed by atoms with Crippen LogP contribution in [0.5, 0.6) is 0 Å². The number of nitrogens with zero attached hydrogens (tertiary/aromatic N) is 3. The normalized spacial score (nSPS) is 9.68. The summed E-state index contributed by atoms with van der Waals surface area (Å²) in [6, 6.07) is 12.1. The Morgan fingerprint density at radius 2 is 0.973 bits per heavy atom. The van der Waals surface area contributed by atoms with Gasteiger partial charge in [0, 0.05) is 41.7 Å². The van der Waals surface area contributed by atoms with Crippen LogP contribution in [-0.4, -0.2) is 52.6 Å². The first-order valence-electron chi connectivity index (χ1n) is 11.9. The number of aliphatic carboxylic acids is 2. The van der Waals surface area contributed by atoms with E-state index in [1.165, 1.54) is 56.3 Å². The molecular formula is C26H36N3O7V-5. The summed E-state index contributed by atoms with van der Waals surface area (Å²) in [4.78, 5) is 26.5. The van der Waals surface area contributed by atoms with E-state index in [0.717, 1.165) is 21.8 Å². The number of carboxylic acids is 2. The zero-order valence-electron chi connectivity index (χ0n) is 21.9. The minimum atomic E-state index is -2.19. The van der Waals surface area contributed by atoms with Crippen molar-refractivity contribution in [3.8, 4) is 0 Å². The Hall–Kier alpha value is -2.60. The Kier molecular flexibility index (Phi) is 23.8. The van der Waals surface area contributed by atoms with Crippen LogP contribution in [0.1, 0.15) is 53.4 Å². The number of hydrogen-bond donors (Lipinski definition) is 0. The predicted octanol–water partition coefficient (Wildman–Crippen LogP) is 0.213. The van der Waals surface area contributed by atoms with Crippen molar-refractivity contribution < 1.29 is 58.8 Å². The third-order valence-corrected chi connectivity index (χ3v) is 5.30. The first-order chi connectivity index (χ1) is 16.8. The second-order valence-corrected chi connectivity index (χ2v) is 8.03. The molecule has 0 unspecified atom stereocenters. The number of carbonyl (C=O) groups excluding carboxylic acids is 2. The van der Waals surface area contributed by atoms with Gasteiger partial charge < -0.3 is 40.3 Å². The summed E-state index contributed by atoms with van der Waals surface area (Å²) in [6.07, 6.45) is 8.94. The van der Waals surface area contributed by atoms with Gasteiger partial charge in [-0.05, 0) is 37.8 Å². The maximum atomic E-state index is 8.93. The molecule has 3 aromatic rings. The molecule has 1 radical (unpaired) electrons. The van der Waals surface area contributed by atoms with Crippen molar-refractivity contribution in [2.45, 2.75) is 53.4 Å². The van der Waals surface area contributed by atoms with Crippen molar-refractivity contribution in [1.82, 2.24) is 9.97 Å². The Balaban J connectivity index is -0.000000471. The number of hydrogen-bond acceptors (Lipinski definition) is 8. The quantitative estimate of drug-likeness (QED) is 0.125. The summed E-state index contributed by atoms with van der Waals surface area (Å²) in [7, 11) is 0. The summed E-state index contributed by atoms with van der Waals surface area (Å²) in [5.41, 5.74) is 1.95. The first-order valence-corrected chi connectivity index (χ1v) is 11.9. The van der Waals surface area contributed by atoms with Gasteiger partial charge in [-0.15, -0.1) is 0 Å². The second-order valence-electron chi connectivity index (χ2n) is 8.03. The van der Waals surface area contributed by atoms with Crippen molar-refractivity contribution in [2.75, 3.05) is 26.2 Å². The van der Waals surface area contributed by atoms with Gasteiger partial charge in [0.1, 0.15) is 0 Å². The van der Waals surface area contributed by atoms with Crippen LogP contribution >= 0.6 is 0 Å². The zero-order chi connectivity index (χ0) is 26.7. The number of quaternary nitrogens is 1. The molecule has 0 aliphatic rings. The van der Waals surface area contributed by atoms with Gasteiger partial charge in [0.25, 0.3) is 0 Å². The third kappa shape index (κ3) is 14.1. The molecule has 1 aromatic carbocycles. The van der Waals surface area contributed by atoms with E-state index in [4.69, 9.17) is 30.3 Å². The fourth-order valence-electron chi connectivity index (χ4n) is 4.25. The van der Waals surface area contributed by atoms with Gasteiger partial charge >= 0.3 is 0 Å². The maximum Gasteiger partial charge on any atom is 0.0964 e. The van der Waals surface area contributed by atoms with Gasteiger partial charge in [0.05, 0.1) is 49.2 Å². The number of carboxylic acid groups (broad SMARTS) is 2. The predicted molar refractivity (Wildman–Crippen MR) is 129 cm³/mol. The standard InChI is InChI=1S/C12H8N2.C12H28N.C2H2O4.O2.O.V/c1-3-9-5-6-10-4-2-8-14-12(10)11(9)13-7-1;1-5-9-13(10-6-2,11-7-3)12-8-4;3-1(4)2(5)6;1-2;;/h1-8H;5-12H2,1-4H3;(H,3,4)(H,5,6);;;/q;+1;;2*-2;/p-2. The molecule has 11 heteroatoms. The van der Waals surface area contributed by atoms with Crippen molar-refractivity contribution in [2.24, 2.45) is 0 Å². The van der Waals surface area contributed by atoms with Crippen LogP contribution < -0.4 is 20.7 Å². The van der Waals surface area contributed by atoms with Crippen LogP contribution in [0.3, 0.4) is 0 Å². The molecule has 0 N–H and O–H groups in total. The minimum absolute atomic E-state index is 0. The van der Waals surface area contributed by atoms with Crippen LogP contribution in [-0.2, 0) is 33.6 Å². The van der Waals surface area contributed by atoms with Crippen LogP contribution in [0, 0.1) is 0 Å². The largest absolute Gasteiger partial charge is 2.00 e. The molecule has 0 saturated heterocycles. The molecule has 2 heterocycles. The smallest absolute Gasteiger partial charge is 0.0964 e. The maximum absolute atomic E-state index is 8.93. The fourth-order valence-corrected chi connectivity index (χ4v) is 4.25. The minimum Gasteiger partial charge on any atom is -2.00 e. The molecule has 0 atom stereocenters. The van der Waals surface area contributed by atoms with E-state index in [-0.39, 0.29) is 24.0 Å². The van der Waals surface area contributed by atoms with Gasteiger partial charge in [0.15, 0.2) is 0 Å². The van der Waals surface area contributed by atoms with E-state index in [2.05, 4.69) is 61.9 Å². The summed E-state index contributed by atoms with van der Waals surface area (Å²) >= 11 is 0. The molecule has 10 nitrogen and oxygen atoms in total. The van der Waals surface area contributed by atoms with Gasteiger partial charge in [-0.3, -0.25) is 9.97 Å². The average molecular weight is 554 g/mol. The summed E-state index contributed by atoms with van der Waals surface area (Å²) in [5, 5.41) is 34.1. The molecule has 3 rings (SSSR count). The molecular weight excluding hydrogens is 517 g/mol. The monoisotopic (exact) mass is 553 g/mol. The van der Waals surface area contributed by atoms with Crippen LogP contribution in [0.25, 0.3) is 21.8 Å². The number of benzene rings is 1. The Labute approximate surface area is 230 Å². The molecule has 0 bridgehead atoms. The van der Waals surface area contributed by atoms with Crippen LogP contribution in [0.4, 0.5) is 0 Å². The summed E-state index contributed by atoms with van der Waals surface area (Å²) in [5.74, 6) is -4.37. The molecule has 0 amide bonds. The van der Waals surface area contributed by atoms with E-state index in [1.54, 1.807) is 12.4 Å². The van der Waals surface area contributed by atoms with E-state index < -0.39 is 11.9 Å².